The van der Waals surface area contributed by atoms with Gasteiger partial charge in [-0.2, -0.15) is 0 Å². The van der Waals surface area contributed by atoms with Crippen molar-refractivity contribution in [2.75, 3.05) is 29.9 Å². The van der Waals surface area contributed by atoms with E-state index in [4.69, 9.17) is 18.0 Å². The van der Waals surface area contributed by atoms with Crippen molar-refractivity contribution < 1.29 is 0 Å². The highest BCUT2D eigenvalue weighted by Crippen LogP contribution is 2.32. The lowest BCUT2D eigenvalue weighted by atomic mass is 10.1. The third-order valence-corrected chi connectivity index (χ3v) is 3.50. The first-order valence-corrected chi connectivity index (χ1v) is 5.88. The molecule has 1 aliphatic heterocycles. The second kappa shape index (κ2) is 4.29. The van der Waals surface area contributed by atoms with Crippen LogP contribution in [0.15, 0.2) is 24.3 Å². The van der Waals surface area contributed by atoms with E-state index in [1.54, 1.807) is 0 Å². The summed E-state index contributed by atoms with van der Waals surface area (Å²) in [5, 5.41) is 0. The highest BCUT2D eigenvalue weighted by molar-refractivity contribution is 7.80. The normalized spacial score (nSPS) is 16.9. The van der Waals surface area contributed by atoms with Crippen molar-refractivity contribution in [3.8, 4) is 0 Å². The van der Waals surface area contributed by atoms with Gasteiger partial charge in [0.25, 0.3) is 0 Å². The molecule has 0 spiro atoms. The molecule has 0 aromatic heterocycles. The molecular weight excluding hydrogens is 218 g/mol. The maximum atomic E-state index is 5.73. The average molecular weight is 235 g/mol. The van der Waals surface area contributed by atoms with Crippen LogP contribution in [0.1, 0.15) is 6.92 Å². The number of thiocarbonyl (C=S) groups is 1. The van der Waals surface area contributed by atoms with E-state index < -0.39 is 0 Å². The van der Waals surface area contributed by atoms with Gasteiger partial charge in [0.1, 0.15) is 0 Å². The maximum absolute atomic E-state index is 5.73. The molecule has 3 nitrogen and oxygen atoms in total. The number of anilines is 2. The van der Waals surface area contributed by atoms with Crippen molar-refractivity contribution >= 4 is 28.6 Å². The SMILES string of the molecule is CC(C(N)=S)N1CCN(C)c2ccccc21. The summed E-state index contributed by atoms with van der Waals surface area (Å²) in [7, 11) is 2.11. The fraction of sp³-hybridized carbons (Fsp3) is 0.417. The molecule has 2 rings (SSSR count). The molecule has 1 atom stereocenters. The molecule has 1 aromatic rings. The Labute approximate surface area is 102 Å². The van der Waals surface area contributed by atoms with E-state index in [-0.39, 0.29) is 6.04 Å². The first kappa shape index (κ1) is 11.2. The minimum atomic E-state index is 0.116. The number of hydrogen-bond donors (Lipinski definition) is 1. The zero-order valence-corrected chi connectivity index (χ0v) is 10.5. The fourth-order valence-electron chi connectivity index (χ4n) is 2.08. The predicted octanol–water partition coefficient (Wildman–Crippen LogP) is 1.62. The van der Waals surface area contributed by atoms with Gasteiger partial charge in [0, 0.05) is 20.1 Å². The summed E-state index contributed by atoms with van der Waals surface area (Å²) in [5.41, 5.74) is 8.20. The van der Waals surface area contributed by atoms with Crippen LogP contribution in [-0.4, -0.2) is 31.2 Å². The van der Waals surface area contributed by atoms with Crippen molar-refractivity contribution in [1.82, 2.24) is 0 Å². The van der Waals surface area contributed by atoms with E-state index in [9.17, 15) is 0 Å². The van der Waals surface area contributed by atoms with E-state index in [1.807, 2.05) is 0 Å². The Bertz CT molecular complexity index is 405. The number of hydrogen-bond acceptors (Lipinski definition) is 3. The highest BCUT2D eigenvalue weighted by Gasteiger charge is 2.24. The first-order valence-electron chi connectivity index (χ1n) is 5.47. The number of benzene rings is 1. The molecule has 1 unspecified atom stereocenters. The fourth-order valence-corrected chi connectivity index (χ4v) is 2.21. The smallest absolute Gasteiger partial charge is 0.0953 e. The predicted molar refractivity (Wildman–Crippen MR) is 73.3 cm³/mol. The van der Waals surface area contributed by atoms with Crippen LogP contribution in [0.4, 0.5) is 11.4 Å². The van der Waals surface area contributed by atoms with Crippen molar-refractivity contribution in [1.29, 1.82) is 0 Å². The molecule has 1 aliphatic rings. The van der Waals surface area contributed by atoms with E-state index >= 15 is 0 Å². The molecule has 2 N–H and O–H groups in total. The van der Waals surface area contributed by atoms with Gasteiger partial charge < -0.3 is 15.5 Å². The zero-order valence-electron chi connectivity index (χ0n) is 9.68. The van der Waals surface area contributed by atoms with Crippen LogP contribution < -0.4 is 15.5 Å². The van der Waals surface area contributed by atoms with Gasteiger partial charge in [0.15, 0.2) is 0 Å². The number of likely N-dealkylation sites (N-methyl/N-ethyl adjacent to an activating group) is 1. The zero-order chi connectivity index (χ0) is 11.7. The highest BCUT2D eigenvalue weighted by atomic mass is 32.1. The van der Waals surface area contributed by atoms with E-state index in [2.05, 4.69) is 48.0 Å². The Hall–Kier alpha value is -1.29. The quantitative estimate of drug-likeness (QED) is 0.790. The van der Waals surface area contributed by atoms with Gasteiger partial charge in [0.2, 0.25) is 0 Å². The van der Waals surface area contributed by atoms with Gasteiger partial charge in [-0.25, -0.2) is 0 Å². The number of nitrogens with zero attached hydrogens (tertiary/aromatic N) is 2. The van der Waals surface area contributed by atoms with Crippen LogP contribution in [0.3, 0.4) is 0 Å². The summed E-state index contributed by atoms with van der Waals surface area (Å²) in [5.74, 6) is 0. The van der Waals surface area contributed by atoms with Crippen molar-refractivity contribution in [2.24, 2.45) is 5.73 Å². The van der Waals surface area contributed by atoms with E-state index in [0.717, 1.165) is 13.1 Å². The van der Waals surface area contributed by atoms with Gasteiger partial charge in [-0.15, -0.1) is 0 Å². The Morgan fingerprint density at radius 3 is 2.56 bits per heavy atom. The van der Waals surface area contributed by atoms with Crippen LogP contribution in [0.2, 0.25) is 0 Å². The molecule has 0 bridgehead atoms. The van der Waals surface area contributed by atoms with Crippen LogP contribution in [0.25, 0.3) is 0 Å². The monoisotopic (exact) mass is 235 g/mol. The lowest BCUT2D eigenvalue weighted by Crippen LogP contribution is -2.48. The summed E-state index contributed by atoms with van der Waals surface area (Å²) in [6, 6.07) is 8.49. The number of para-hydroxylation sites is 2. The van der Waals surface area contributed by atoms with Gasteiger partial charge in [-0.3, -0.25) is 0 Å². The second-order valence-corrected chi connectivity index (χ2v) is 4.65. The number of fused-ring (bicyclic) bond motifs is 1. The van der Waals surface area contributed by atoms with E-state index in [0.29, 0.717) is 4.99 Å². The van der Waals surface area contributed by atoms with Crippen LogP contribution in [0, 0.1) is 0 Å². The van der Waals surface area contributed by atoms with Gasteiger partial charge >= 0.3 is 0 Å². The minimum Gasteiger partial charge on any atom is -0.392 e. The van der Waals surface area contributed by atoms with Crippen molar-refractivity contribution in [3.63, 3.8) is 0 Å². The number of nitrogens with two attached hydrogens (primary N) is 1. The topological polar surface area (TPSA) is 32.5 Å². The Morgan fingerprint density at radius 2 is 1.94 bits per heavy atom. The summed E-state index contributed by atoms with van der Waals surface area (Å²) in [6.07, 6.45) is 0. The maximum Gasteiger partial charge on any atom is 0.0953 e. The third-order valence-electron chi connectivity index (χ3n) is 3.16. The van der Waals surface area contributed by atoms with Gasteiger partial charge in [-0.1, -0.05) is 24.4 Å². The molecule has 16 heavy (non-hydrogen) atoms. The summed E-state index contributed by atoms with van der Waals surface area (Å²) in [4.78, 5) is 5.09. The van der Waals surface area contributed by atoms with Crippen LogP contribution in [0.5, 0.6) is 0 Å². The van der Waals surface area contributed by atoms with E-state index in [1.165, 1.54) is 11.4 Å². The molecule has 1 heterocycles. The minimum absolute atomic E-state index is 0.116. The summed E-state index contributed by atoms with van der Waals surface area (Å²) >= 11 is 5.08. The molecule has 1 aromatic carbocycles. The summed E-state index contributed by atoms with van der Waals surface area (Å²) < 4.78 is 0. The molecule has 86 valence electrons. The van der Waals surface area contributed by atoms with Crippen molar-refractivity contribution in [2.45, 2.75) is 13.0 Å². The largest absolute Gasteiger partial charge is 0.392 e. The molecule has 0 fully saturated rings. The molecule has 0 saturated heterocycles. The third kappa shape index (κ3) is 1.85. The molecule has 0 amide bonds. The van der Waals surface area contributed by atoms with Crippen LogP contribution >= 0.6 is 12.2 Å². The second-order valence-electron chi connectivity index (χ2n) is 4.18. The average Bonchev–Trinajstić information content (AvgIpc) is 2.29. The lowest BCUT2D eigenvalue weighted by Gasteiger charge is -2.40. The van der Waals surface area contributed by atoms with Gasteiger partial charge in [-0.05, 0) is 19.1 Å². The molecule has 0 saturated carbocycles. The number of rotatable bonds is 2. The van der Waals surface area contributed by atoms with Crippen LogP contribution in [-0.2, 0) is 0 Å². The Morgan fingerprint density at radius 1 is 1.31 bits per heavy atom. The van der Waals surface area contributed by atoms with Crippen molar-refractivity contribution in [3.05, 3.63) is 24.3 Å². The first-order chi connectivity index (χ1) is 7.61. The molecule has 4 heteroatoms. The molecular formula is C12H17N3S. The van der Waals surface area contributed by atoms with Gasteiger partial charge in [0.05, 0.1) is 22.4 Å². The summed E-state index contributed by atoms with van der Waals surface area (Å²) in [6.45, 7) is 4.03. The standard InChI is InChI=1S/C12H17N3S/c1-9(12(13)16)15-8-7-14(2)10-5-3-4-6-11(10)15/h3-6,9H,7-8H2,1-2H3,(H2,13,16). The Kier molecular flexibility index (Phi) is 3.01. The molecule has 0 aliphatic carbocycles. The molecule has 0 radical (unpaired) electrons. The lowest BCUT2D eigenvalue weighted by molar-refractivity contribution is 0.712. The Balaban J connectivity index is 2.38.